The minimum atomic E-state index is 0.0391. The van der Waals surface area contributed by atoms with Crippen LogP contribution >= 0.6 is 0 Å². The normalized spacial score (nSPS) is 29.3. The monoisotopic (exact) mass is 256 g/mol. The van der Waals surface area contributed by atoms with Gasteiger partial charge in [0.1, 0.15) is 0 Å². The van der Waals surface area contributed by atoms with E-state index in [4.69, 9.17) is 9.47 Å². The second-order valence-electron chi connectivity index (χ2n) is 5.53. The van der Waals surface area contributed by atoms with E-state index in [1.165, 1.54) is 32.5 Å². The van der Waals surface area contributed by atoms with Crippen molar-refractivity contribution in [1.29, 1.82) is 0 Å². The maximum absolute atomic E-state index is 5.63. The Balaban J connectivity index is 1.78. The summed E-state index contributed by atoms with van der Waals surface area (Å²) in [5.41, 5.74) is 0. The molecule has 2 aliphatic rings. The van der Waals surface area contributed by atoms with Gasteiger partial charge in [-0.15, -0.1) is 0 Å². The van der Waals surface area contributed by atoms with Gasteiger partial charge in [-0.3, -0.25) is 4.90 Å². The van der Waals surface area contributed by atoms with Crippen LogP contribution in [0, 0.1) is 0 Å². The van der Waals surface area contributed by atoms with Gasteiger partial charge in [0.2, 0.25) is 0 Å². The maximum atomic E-state index is 5.63. The SMILES string of the molecule is CCC1CN(C)CCCN1CCC1OCCCO1. The van der Waals surface area contributed by atoms with Gasteiger partial charge >= 0.3 is 0 Å². The van der Waals surface area contributed by atoms with E-state index >= 15 is 0 Å². The van der Waals surface area contributed by atoms with Gasteiger partial charge < -0.3 is 14.4 Å². The molecule has 0 amide bonds. The number of hydrogen-bond donors (Lipinski definition) is 0. The highest BCUT2D eigenvalue weighted by atomic mass is 16.7. The first kappa shape index (κ1) is 14.3. The second kappa shape index (κ2) is 7.43. The fourth-order valence-corrected chi connectivity index (χ4v) is 2.95. The Bertz CT molecular complexity index is 232. The van der Waals surface area contributed by atoms with Crippen molar-refractivity contribution in [1.82, 2.24) is 9.80 Å². The largest absolute Gasteiger partial charge is 0.353 e. The summed E-state index contributed by atoms with van der Waals surface area (Å²) in [5, 5.41) is 0. The molecule has 106 valence electrons. The molecule has 0 aromatic rings. The van der Waals surface area contributed by atoms with Crippen molar-refractivity contribution in [2.45, 2.75) is 44.9 Å². The van der Waals surface area contributed by atoms with Crippen LogP contribution in [0.3, 0.4) is 0 Å². The maximum Gasteiger partial charge on any atom is 0.158 e. The summed E-state index contributed by atoms with van der Waals surface area (Å²) in [7, 11) is 2.24. The Morgan fingerprint density at radius 2 is 1.89 bits per heavy atom. The van der Waals surface area contributed by atoms with Crippen LogP contribution < -0.4 is 0 Å². The lowest BCUT2D eigenvalue weighted by molar-refractivity contribution is -0.183. The molecule has 2 fully saturated rings. The Labute approximate surface area is 111 Å². The van der Waals surface area contributed by atoms with Crippen molar-refractivity contribution in [3.8, 4) is 0 Å². The molecule has 1 unspecified atom stereocenters. The molecule has 0 saturated carbocycles. The molecule has 18 heavy (non-hydrogen) atoms. The lowest BCUT2D eigenvalue weighted by Crippen LogP contribution is -2.41. The predicted molar refractivity (Wildman–Crippen MR) is 72.7 cm³/mol. The van der Waals surface area contributed by atoms with E-state index in [0.717, 1.165) is 32.6 Å². The summed E-state index contributed by atoms with van der Waals surface area (Å²) in [5.74, 6) is 0. The highest BCUT2D eigenvalue weighted by Crippen LogP contribution is 2.15. The molecule has 2 heterocycles. The first-order valence-electron chi connectivity index (χ1n) is 7.45. The van der Waals surface area contributed by atoms with E-state index in [-0.39, 0.29) is 6.29 Å². The molecular formula is C14H28N2O2. The molecule has 0 radical (unpaired) electrons. The lowest BCUT2D eigenvalue weighted by Gasteiger charge is -2.32. The summed E-state index contributed by atoms with van der Waals surface area (Å²) in [6.45, 7) is 8.78. The van der Waals surface area contributed by atoms with Gasteiger partial charge in [-0.2, -0.15) is 0 Å². The summed E-state index contributed by atoms with van der Waals surface area (Å²) in [6.07, 6.45) is 4.61. The van der Waals surface area contributed by atoms with Crippen LogP contribution in [0.15, 0.2) is 0 Å². The Kier molecular flexibility index (Phi) is 5.89. The van der Waals surface area contributed by atoms with Gasteiger partial charge in [0.25, 0.3) is 0 Å². The summed E-state index contributed by atoms with van der Waals surface area (Å²) < 4.78 is 11.3. The minimum Gasteiger partial charge on any atom is -0.353 e. The van der Waals surface area contributed by atoms with Crippen LogP contribution in [0.1, 0.15) is 32.6 Å². The summed E-state index contributed by atoms with van der Waals surface area (Å²) >= 11 is 0. The smallest absolute Gasteiger partial charge is 0.158 e. The van der Waals surface area contributed by atoms with Crippen molar-refractivity contribution in [3.63, 3.8) is 0 Å². The first-order valence-corrected chi connectivity index (χ1v) is 7.45. The van der Waals surface area contributed by atoms with Gasteiger partial charge in [0.15, 0.2) is 6.29 Å². The fraction of sp³-hybridized carbons (Fsp3) is 1.00. The molecule has 0 aromatic heterocycles. The van der Waals surface area contributed by atoms with Crippen LogP contribution in [0.2, 0.25) is 0 Å². The van der Waals surface area contributed by atoms with Crippen LogP contribution in [-0.2, 0) is 9.47 Å². The number of ether oxygens (including phenoxy) is 2. The Hall–Kier alpha value is -0.160. The molecule has 4 nitrogen and oxygen atoms in total. The molecular weight excluding hydrogens is 228 g/mol. The molecule has 2 aliphatic heterocycles. The molecule has 2 saturated heterocycles. The van der Waals surface area contributed by atoms with E-state index in [1.54, 1.807) is 0 Å². The summed E-state index contributed by atoms with van der Waals surface area (Å²) in [6, 6.07) is 0.695. The molecule has 0 aromatic carbocycles. The Morgan fingerprint density at radius 3 is 2.61 bits per heavy atom. The zero-order chi connectivity index (χ0) is 12.8. The van der Waals surface area contributed by atoms with E-state index in [1.807, 2.05) is 0 Å². The summed E-state index contributed by atoms with van der Waals surface area (Å²) in [4.78, 5) is 5.09. The third-order valence-electron chi connectivity index (χ3n) is 4.04. The highest BCUT2D eigenvalue weighted by molar-refractivity contribution is 4.78. The van der Waals surface area contributed by atoms with E-state index in [2.05, 4.69) is 23.8 Å². The van der Waals surface area contributed by atoms with Gasteiger partial charge in [0, 0.05) is 25.6 Å². The number of rotatable bonds is 4. The number of nitrogens with zero attached hydrogens (tertiary/aromatic N) is 2. The van der Waals surface area contributed by atoms with Crippen molar-refractivity contribution in [2.24, 2.45) is 0 Å². The molecule has 4 heteroatoms. The van der Waals surface area contributed by atoms with Crippen LogP contribution in [-0.4, -0.2) is 68.6 Å². The minimum absolute atomic E-state index is 0.0391. The molecule has 0 bridgehead atoms. The number of likely N-dealkylation sites (N-methyl/N-ethyl adjacent to an activating group) is 1. The van der Waals surface area contributed by atoms with Crippen molar-refractivity contribution in [3.05, 3.63) is 0 Å². The molecule has 2 rings (SSSR count). The van der Waals surface area contributed by atoms with Gasteiger partial charge in [-0.25, -0.2) is 0 Å². The third-order valence-corrected chi connectivity index (χ3v) is 4.04. The van der Waals surface area contributed by atoms with Crippen molar-refractivity contribution >= 4 is 0 Å². The molecule has 0 N–H and O–H groups in total. The number of hydrogen-bond acceptors (Lipinski definition) is 4. The zero-order valence-corrected chi connectivity index (χ0v) is 11.9. The third kappa shape index (κ3) is 4.19. The van der Waals surface area contributed by atoms with E-state index in [0.29, 0.717) is 6.04 Å². The highest BCUT2D eigenvalue weighted by Gasteiger charge is 2.23. The molecule has 0 aliphatic carbocycles. The van der Waals surface area contributed by atoms with E-state index < -0.39 is 0 Å². The quantitative estimate of drug-likeness (QED) is 0.762. The molecule has 1 atom stereocenters. The first-order chi connectivity index (χ1) is 8.79. The van der Waals surface area contributed by atoms with Gasteiger partial charge in [0.05, 0.1) is 13.2 Å². The lowest BCUT2D eigenvalue weighted by atomic mass is 10.1. The fourth-order valence-electron chi connectivity index (χ4n) is 2.95. The van der Waals surface area contributed by atoms with Crippen LogP contribution in [0.5, 0.6) is 0 Å². The molecule has 0 spiro atoms. The Morgan fingerprint density at radius 1 is 1.11 bits per heavy atom. The van der Waals surface area contributed by atoms with Crippen LogP contribution in [0.4, 0.5) is 0 Å². The predicted octanol–water partition coefficient (Wildman–Crippen LogP) is 1.56. The van der Waals surface area contributed by atoms with Crippen molar-refractivity contribution < 1.29 is 9.47 Å². The van der Waals surface area contributed by atoms with E-state index in [9.17, 15) is 0 Å². The van der Waals surface area contributed by atoms with Gasteiger partial charge in [-0.1, -0.05) is 6.92 Å². The van der Waals surface area contributed by atoms with Gasteiger partial charge in [-0.05, 0) is 39.4 Å². The zero-order valence-electron chi connectivity index (χ0n) is 11.9. The topological polar surface area (TPSA) is 24.9 Å². The average molecular weight is 256 g/mol. The average Bonchev–Trinajstić information content (AvgIpc) is 2.59. The second-order valence-corrected chi connectivity index (χ2v) is 5.53. The standard InChI is InChI=1S/C14H28N2O2/c1-3-13-12-15(2)7-4-8-16(13)9-6-14-17-10-5-11-18-14/h13-14H,3-12H2,1-2H3. The van der Waals surface area contributed by atoms with Crippen LogP contribution in [0.25, 0.3) is 0 Å². The van der Waals surface area contributed by atoms with Crippen molar-refractivity contribution in [2.75, 3.05) is 46.4 Å².